The number of aliphatic imine (C=N–C) groups is 1. The third-order valence-electron chi connectivity index (χ3n) is 1.20. The average molecular weight is 140 g/mol. The van der Waals surface area contributed by atoms with E-state index < -0.39 is 0 Å². The van der Waals surface area contributed by atoms with Gasteiger partial charge in [-0.25, -0.2) is 0 Å². The van der Waals surface area contributed by atoms with Crippen molar-refractivity contribution in [3.8, 4) is 0 Å². The van der Waals surface area contributed by atoms with Crippen LogP contribution in [0.4, 0.5) is 0 Å². The first-order valence-corrected chi connectivity index (χ1v) is 3.22. The molecule has 1 aliphatic rings. The normalized spacial score (nSPS) is 17.1. The average Bonchev–Trinajstić information content (AvgIpc) is 1.90. The van der Waals surface area contributed by atoms with E-state index in [9.17, 15) is 0 Å². The van der Waals surface area contributed by atoms with Gasteiger partial charge in [-0.3, -0.25) is 4.99 Å². The Morgan fingerprint density at radius 1 is 1.78 bits per heavy atom. The molecule has 1 aliphatic heterocycles. The summed E-state index contributed by atoms with van der Waals surface area (Å²) in [5, 5.41) is 0. The molecule has 0 aromatic heterocycles. The molecule has 2 nitrogen and oxygen atoms in total. The van der Waals surface area contributed by atoms with Gasteiger partial charge in [0, 0.05) is 18.0 Å². The minimum atomic E-state index is 0.479. The van der Waals surface area contributed by atoms with E-state index in [-0.39, 0.29) is 0 Å². The van der Waals surface area contributed by atoms with Crippen molar-refractivity contribution in [3.63, 3.8) is 0 Å². The van der Waals surface area contributed by atoms with Crippen LogP contribution in [0.3, 0.4) is 0 Å². The van der Waals surface area contributed by atoms with Crippen molar-refractivity contribution in [2.24, 2.45) is 10.7 Å². The van der Waals surface area contributed by atoms with Gasteiger partial charge in [-0.1, -0.05) is 12.2 Å². The van der Waals surface area contributed by atoms with Crippen molar-refractivity contribution in [3.05, 3.63) is 11.8 Å². The molecule has 0 aromatic carbocycles. The summed E-state index contributed by atoms with van der Waals surface area (Å²) in [6, 6.07) is 0. The Labute approximate surface area is 59.5 Å². The summed E-state index contributed by atoms with van der Waals surface area (Å²) in [6.45, 7) is 0. The maximum Gasteiger partial charge on any atom is 0.101 e. The van der Waals surface area contributed by atoms with Crippen LogP contribution in [0.5, 0.6) is 0 Å². The summed E-state index contributed by atoms with van der Waals surface area (Å²) in [7, 11) is 0. The lowest BCUT2D eigenvalue weighted by Gasteiger charge is -2.03. The molecule has 3 heteroatoms. The van der Waals surface area contributed by atoms with Crippen molar-refractivity contribution in [2.75, 3.05) is 0 Å². The summed E-state index contributed by atoms with van der Waals surface area (Å²) in [6.07, 6.45) is 5.50. The predicted octanol–water partition coefficient (Wildman–Crippen LogP) is 1.02. The molecule has 0 saturated carbocycles. The van der Waals surface area contributed by atoms with E-state index in [1.807, 2.05) is 6.21 Å². The van der Waals surface area contributed by atoms with Crippen molar-refractivity contribution in [2.45, 2.75) is 12.8 Å². The molecule has 0 atom stereocenters. The number of nitrogens with two attached hydrogens (primary N) is 1. The Hall–Kier alpha value is -0.700. The van der Waals surface area contributed by atoms with Gasteiger partial charge in [0.15, 0.2) is 0 Å². The molecule has 0 unspecified atom stereocenters. The fourth-order valence-electron chi connectivity index (χ4n) is 0.689. The molecule has 1 rings (SSSR count). The van der Waals surface area contributed by atoms with E-state index >= 15 is 0 Å². The first-order chi connectivity index (χ1) is 4.30. The minimum absolute atomic E-state index is 0.479. The van der Waals surface area contributed by atoms with Gasteiger partial charge in [-0.05, 0) is 12.8 Å². The molecule has 0 amide bonds. The molecule has 0 aliphatic carbocycles. The van der Waals surface area contributed by atoms with E-state index in [4.69, 9.17) is 18.0 Å². The Morgan fingerprint density at radius 2 is 2.56 bits per heavy atom. The highest BCUT2D eigenvalue weighted by Crippen LogP contribution is 2.08. The summed E-state index contributed by atoms with van der Waals surface area (Å²) in [5.74, 6) is 0. The van der Waals surface area contributed by atoms with Crippen LogP contribution < -0.4 is 5.73 Å². The van der Waals surface area contributed by atoms with Crippen molar-refractivity contribution >= 4 is 23.4 Å². The summed E-state index contributed by atoms with van der Waals surface area (Å²) < 4.78 is 0. The monoisotopic (exact) mass is 140 g/mol. The highest BCUT2D eigenvalue weighted by Gasteiger charge is 2.01. The molecule has 2 N–H and O–H groups in total. The highest BCUT2D eigenvalue weighted by atomic mass is 32.1. The largest absolute Gasteiger partial charge is 0.390 e. The Balaban J connectivity index is 2.68. The van der Waals surface area contributed by atoms with Gasteiger partial charge in [-0.2, -0.15) is 0 Å². The number of hydrogen-bond acceptors (Lipinski definition) is 2. The van der Waals surface area contributed by atoms with Gasteiger partial charge >= 0.3 is 0 Å². The van der Waals surface area contributed by atoms with E-state index in [0.717, 1.165) is 18.4 Å². The topological polar surface area (TPSA) is 38.4 Å². The SMILES string of the molecule is NC(=S)C1=CN=CCC1. The van der Waals surface area contributed by atoms with Crippen LogP contribution in [-0.2, 0) is 0 Å². The minimum Gasteiger partial charge on any atom is -0.390 e. The van der Waals surface area contributed by atoms with Crippen LogP contribution in [0, 0.1) is 0 Å². The molecule has 1 heterocycles. The van der Waals surface area contributed by atoms with Gasteiger partial charge in [0.05, 0.1) is 0 Å². The molecule has 0 saturated heterocycles. The smallest absolute Gasteiger partial charge is 0.101 e. The van der Waals surface area contributed by atoms with E-state index in [1.54, 1.807) is 6.20 Å². The molecule has 48 valence electrons. The molecule has 0 fully saturated rings. The summed E-state index contributed by atoms with van der Waals surface area (Å²) in [5.41, 5.74) is 6.35. The van der Waals surface area contributed by atoms with Gasteiger partial charge in [0.2, 0.25) is 0 Å². The maximum atomic E-state index is 5.36. The van der Waals surface area contributed by atoms with Crippen LogP contribution in [0.15, 0.2) is 16.8 Å². The lowest BCUT2D eigenvalue weighted by molar-refractivity contribution is 1.05. The molecule has 0 spiro atoms. The predicted molar refractivity (Wildman–Crippen MR) is 42.6 cm³/mol. The van der Waals surface area contributed by atoms with Crippen LogP contribution in [-0.4, -0.2) is 11.2 Å². The fourth-order valence-corrected chi connectivity index (χ4v) is 0.843. The van der Waals surface area contributed by atoms with Gasteiger partial charge < -0.3 is 5.73 Å². The first-order valence-electron chi connectivity index (χ1n) is 2.81. The zero-order chi connectivity index (χ0) is 6.69. The number of nitrogens with zero attached hydrogens (tertiary/aromatic N) is 1. The fraction of sp³-hybridized carbons (Fsp3) is 0.333. The van der Waals surface area contributed by atoms with Crippen LogP contribution in [0.25, 0.3) is 0 Å². The van der Waals surface area contributed by atoms with E-state index in [2.05, 4.69) is 4.99 Å². The first kappa shape index (κ1) is 6.42. The van der Waals surface area contributed by atoms with Crippen LogP contribution in [0.2, 0.25) is 0 Å². The Morgan fingerprint density at radius 3 is 2.89 bits per heavy atom. The van der Waals surface area contributed by atoms with Gasteiger partial charge in [0.1, 0.15) is 4.99 Å². The third kappa shape index (κ3) is 1.61. The van der Waals surface area contributed by atoms with Crippen LogP contribution in [0.1, 0.15) is 12.8 Å². The molecule has 9 heavy (non-hydrogen) atoms. The standard InChI is InChI=1S/C6H8N2S/c7-6(9)5-2-1-3-8-4-5/h3-4H,1-2H2,(H2,7,9). The molecule has 0 aromatic rings. The quantitative estimate of drug-likeness (QED) is 0.552. The maximum absolute atomic E-state index is 5.36. The lowest BCUT2D eigenvalue weighted by atomic mass is 10.1. The molecular formula is C6H8N2S. The van der Waals surface area contributed by atoms with Gasteiger partial charge in [0.25, 0.3) is 0 Å². The Kier molecular flexibility index (Phi) is 1.95. The van der Waals surface area contributed by atoms with Crippen molar-refractivity contribution in [1.82, 2.24) is 0 Å². The third-order valence-corrected chi connectivity index (χ3v) is 1.46. The zero-order valence-corrected chi connectivity index (χ0v) is 5.82. The summed E-state index contributed by atoms with van der Waals surface area (Å²) >= 11 is 4.75. The molecule has 0 radical (unpaired) electrons. The molecular weight excluding hydrogens is 132 g/mol. The van der Waals surface area contributed by atoms with E-state index in [0.29, 0.717) is 4.99 Å². The number of hydrogen-bond donors (Lipinski definition) is 1. The van der Waals surface area contributed by atoms with Gasteiger partial charge in [-0.15, -0.1) is 0 Å². The second-order valence-corrected chi connectivity index (χ2v) is 2.33. The molecule has 0 bridgehead atoms. The van der Waals surface area contributed by atoms with E-state index in [1.165, 1.54) is 0 Å². The summed E-state index contributed by atoms with van der Waals surface area (Å²) in [4.78, 5) is 4.40. The van der Waals surface area contributed by atoms with Crippen molar-refractivity contribution < 1.29 is 0 Å². The Bertz CT molecular complexity index is 181. The lowest BCUT2D eigenvalue weighted by Crippen LogP contribution is -2.12. The number of rotatable bonds is 1. The zero-order valence-electron chi connectivity index (χ0n) is 5.00. The van der Waals surface area contributed by atoms with Crippen LogP contribution >= 0.6 is 12.2 Å². The second kappa shape index (κ2) is 2.73. The number of thiocarbonyl (C=S) groups is 1. The highest BCUT2D eigenvalue weighted by molar-refractivity contribution is 7.80. The van der Waals surface area contributed by atoms with Crippen molar-refractivity contribution in [1.29, 1.82) is 0 Å². The second-order valence-electron chi connectivity index (χ2n) is 1.89.